The van der Waals surface area contributed by atoms with Crippen molar-refractivity contribution in [1.82, 2.24) is 9.88 Å². The van der Waals surface area contributed by atoms with Gasteiger partial charge in [0.25, 0.3) is 5.91 Å². The summed E-state index contributed by atoms with van der Waals surface area (Å²) < 4.78 is 1.92. The minimum atomic E-state index is -0.364. The molecule has 0 unspecified atom stereocenters. The summed E-state index contributed by atoms with van der Waals surface area (Å²) in [5.74, 6) is -0.364. The normalized spacial score (nSPS) is 10.9. The van der Waals surface area contributed by atoms with Gasteiger partial charge in [0, 0.05) is 25.5 Å². The zero-order valence-electron chi connectivity index (χ0n) is 9.03. The van der Waals surface area contributed by atoms with E-state index in [1.165, 1.54) is 7.05 Å². The number of amides is 1. The summed E-state index contributed by atoms with van der Waals surface area (Å²) in [4.78, 5) is 11.3. The molecule has 0 saturated heterocycles. The van der Waals surface area contributed by atoms with Gasteiger partial charge in [-0.2, -0.15) is 5.26 Å². The maximum Gasteiger partial charge on any atom is 0.261 e. The van der Waals surface area contributed by atoms with Crippen LogP contribution in [-0.4, -0.2) is 17.5 Å². The fourth-order valence-electron chi connectivity index (χ4n) is 1.21. The van der Waals surface area contributed by atoms with Gasteiger partial charge in [-0.15, -0.1) is 0 Å². The van der Waals surface area contributed by atoms with Crippen molar-refractivity contribution < 1.29 is 4.79 Å². The molecule has 15 heavy (non-hydrogen) atoms. The molecule has 1 heterocycles. The number of nitrogens with zero attached hydrogens (tertiary/aromatic N) is 2. The molecule has 4 heteroatoms. The molecule has 0 aliphatic heterocycles. The summed E-state index contributed by atoms with van der Waals surface area (Å²) in [6, 6.07) is 5.68. The minimum absolute atomic E-state index is 0.110. The third-order valence-corrected chi connectivity index (χ3v) is 2.30. The monoisotopic (exact) mass is 203 g/mol. The second-order valence-electron chi connectivity index (χ2n) is 3.21. The average molecular weight is 203 g/mol. The van der Waals surface area contributed by atoms with E-state index in [2.05, 4.69) is 5.32 Å². The maximum absolute atomic E-state index is 11.3. The van der Waals surface area contributed by atoms with Crippen molar-refractivity contribution in [2.75, 3.05) is 7.05 Å². The van der Waals surface area contributed by atoms with E-state index in [1.54, 1.807) is 6.08 Å². The molecule has 1 N–H and O–H groups in total. The van der Waals surface area contributed by atoms with Gasteiger partial charge in [0.15, 0.2) is 0 Å². The number of nitriles is 1. The predicted molar refractivity (Wildman–Crippen MR) is 57.8 cm³/mol. The molecule has 1 aromatic rings. The highest BCUT2D eigenvalue weighted by Crippen LogP contribution is 2.10. The number of carbonyl (C=O) groups excluding carboxylic acids is 1. The largest absolute Gasteiger partial charge is 0.354 e. The SMILES string of the molecule is CNC(=O)/C(C#N)=C\c1ccc(C)n1C. The lowest BCUT2D eigenvalue weighted by atomic mass is 10.2. The predicted octanol–water partition coefficient (Wildman–Crippen LogP) is 0.986. The molecule has 0 radical (unpaired) electrons. The molecule has 4 nitrogen and oxygen atoms in total. The quantitative estimate of drug-likeness (QED) is 0.575. The molecule has 0 aliphatic rings. The standard InChI is InChI=1S/C11H13N3O/c1-8-4-5-10(14(8)3)6-9(7-12)11(15)13-2/h4-6H,1-3H3,(H,13,15)/b9-6-. The van der Waals surface area contributed by atoms with Gasteiger partial charge in [0.1, 0.15) is 11.6 Å². The number of aryl methyl sites for hydroxylation is 1. The zero-order chi connectivity index (χ0) is 11.4. The Kier molecular flexibility index (Phi) is 3.29. The van der Waals surface area contributed by atoms with Crippen molar-refractivity contribution in [2.45, 2.75) is 6.92 Å². The summed E-state index contributed by atoms with van der Waals surface area (Å²) >= 11 is 0. The summed E-state index contributed by atoms with van der Waals surface area (Å²) in [7, 11) is 3.39. The van der Waals surface area contributed by atoms with Crippen LogP contribution >= 0.6 is 0 Å². The van der Waals surface area contributed by atoms with Crippen LogP contribution in [0.1, 0.15) is 11.4 Å². The van der Waals surface area contributed by atoms with Crippen molar-refractivity contribution in [3.8, 4) is 6.07 Å². The van der Waals surface area contributed by atoms with Gasteiger partial charge in [0.2, 0.25) is 0 Å². The van der Waals surface area contributed by atoms with Crippen molar-refractivity contribution in [3.05, 3.63) is 29.1 Å². The second kappa shape index (κ2) is 4.47. The molecule has 1 amide bonds. The number of nitrogens with one attached hydrogen (secondary N) is 1. The molecule has 1 aromatic heterocycles. The molecular formula is C11H13N3O. The van der Waals surface area contributed by atoms with E-state index in [0.29, 0.717) is 0 Å². The van der Waals surface area contributed by atoms with Gasteiger partial charge < -0.3 is 9.88 Å². The first kappa shape index (κ1) is 11.1. The summed E-state index contributed by atoms with van der Waals surface area (Å²) in [5.41, 5.74) is 2.03. The Hall–Kier alpha value is -2.02. The molecule has 1 rings (SSSR count). The van der Waals surface area contributed by atoms with E-state index in [9.17, 15) is 4.79 Å². The van der Waals surface area contributed by atoms with E-state index in [1.807, 2.05) is 36.7 Å². The van der Waals surface area contributed by atoms with Crippen molar-refractivity contribution in [3.63, 3.8) is 0 Å². The van der Waals surface area contributed by atoms with Crippen LogP contribution in [0.15, 0.2) is 17.7 Å². The van der Waals surface area contributed by atoms with Gasteiger partial charge in [-0.1, -0.05) is 0 Å². The minimum Gasteiger partial charge on any atom is -0.354 e. The first-order valence-electron chi connectivity index (χ1n) is 4.56. The number of hydrogen-bond acceptors (Lipinski definition) is 2. The van der Waals surface area contributed by atoms with E-state index >= 15 is 0 Å². The summed E-state index contributed by atoms with van der Waals surface area (Å²) in [5, 5.41) is 11.2. The van der Waals surface area contributed by atoms with Crippen molar-refractivity contribution in [1.29, 1.82) is 5.26 Å². The number of rotatable bonds is 2. The van der Waals surface area contributed by atoms with Gasteiger partial charge in [-0.05, 0) is 25.1 Å². The Balaban J connectivity index is 3.10. The molecule has 0 fully saturated rings. The lowest BCUT2D eigenvalue weighted by Crippen LogP contribution is -2.19. The molecular weight excluding hydrogens is 190 g/mol. The van der Waals surface area contributed by atoms with E-state index in [0.717, 1.165) is 11.4 Å². The topological polar surface area (TPSA) is 57.8 Å². The molecule has 78 valence electrons. The number of carbonyl (C=O) groups is 1. The molecule has 0 atom stereocenters. The van der Waals surface area contributed by atoms with E-state index < -0.39 is 0 Å². The number of aromatic nitrogens is 1. The van der Waals surface area contributed by atoms with Crippen LogP contribution in [0.25, 0.3) is 6.08 Å². The van der Waals surface area contributed by atoms with Crippen LogP contribution in [0.2, 0.25) is 0 Å². The molecule has 0 saturated carbocycles. The smallest absolute Gasteiger partial charge is 0.261 e. The fourth-order valence-corrected chi connectivity index (χ4v) is 1.21. The van der Waals surface area contributed by atoms with Crippen LogP contribution < -0.4 is 5.32 Å². The van der Waals surface area contributed by atoms with Crippen LogP contribution in [0, 0.1) is 18.3 Å². The van der Waals surface area contributed by atoms with Crippen molar-refractivity contribution in [2.24, 2.45) is 7.05 Å². The first-order chi connectivity index (χ1) is 7.10. The van der Waals surface area contributed by atoms with Gasteiger partial charge in [0.05, 0.1) is 0 Å². The van der Waals surface area contributed by atoms with E-state index in [4.69, 9.17) is 5.26 Å². The van der Waals surface area contributed by atoms with Crippen LogP contribution in [-0.2, 0) is 11.8 Å². The van der Waals surface area contributed by atoms with Crippen LogP contribution in [0.5, 0.6) is 0 Å². The molecule has 0 spiro atoms. The zero-order valence-corrected chi connectivity index (χ0v) is 9.03. The Morgan fingerprint density at radius 2 is 2.27 bits per heavy atom. The molecule has 0 aromatic carbocycles. The second-order valence-corrected chi connectivity index (χ2v) is 3.21. The first-order valence-corrected chi connectivity index (χ1v) is 4.56. The Labute approximate surface area is 88.8 Å². The van der Waals surface area contributed by atoms with Crippen LogP contribution in [0.3, 0.4) is 0 Å². The Bertz CT molecular complexity index is 449. The summed E-state index contributed by atoms with van der Waals surface area (Å²) in [6.45, 7) is 1.96. The number of likely N-dealkylation sites (N-methyl/N-ethyl adjacent to an activating group) is 1. The van der Waals surface area contributed by atoms with Gasteiger partial charge in [-0.25, -0.2) is 0 Å². The lowest BCUT2D eigenvalue weighted by Gasteiger charge is -2.01. The number of hydrogen-bond donors (Lipinski definition) is 1. The highest BCUT2D eigenvalue weighted by molar-refractivity contribution is 6.01. The molecule has 0 bridgehead atoms. The highest BCUT2D eigenvalue weighted by atomic mass is 16.1. The van der Waals surface area contributed by atoms with Crippen molar-refractivity contribution >= 4 is 12.0 Å². The highest BCUT2D eigenvalue weighted by Gasteiger charge is 2.07. The average Bonchev–Trinajstić information content (AvgIpc) is 2.56. The van der Waals surface area contributed by atoms with Gasteiger partial charge >= 0.3 is 0 Å². The lowest BCUT2D eigenvalue weighted by molar-refractivity contribution is -0.116. The Morgan fingerprint density at radius 1 is 1.60 bits per heavy atom. The maximum atomic E-state index is 11.3. The van der Waals surface area contributed by atoms with Crippen LogP contribution in [0.4, 0.5) is 0 Å². The fraction of sp³-hybridized carbons (Fsp3) is 0.273. The Morgan fingerprint density at radius 3 is 2.67 bits per heavy atom. The van der Waals surface area contributed by atoms with Gasteiger partial charge in [-0.3, -0.25) is 4.79 Å². The molecule has 0 aliphatic carbocycles. The summed E-state index contributed by atoms with van der Waals surface area (Å²) in [6.07, 6.45) is 1.58. The third kappa shape index (κ3) is 2.26. The van der Waals surface area contributed by atoms with E-state index in [-0.39, 0.29) is 11.5 Å². The third-order valence-electron chi connectivity index (χ3n) is 2.30.